The molecule has 0 fully saturated rings. The molecule has 2 rings (SSSR count). The van der Waals surface area contributed by atoms with Crippen molar-refractivity contribution in [3.63, 3.8) is 0 Å². The van der Waals surface area contributed by atoms with E-state index in [1.54, 1.807) is 0 Å². The van der Waals surface area contributed by atoms with E-state index in [2.05, 4.69) is 56.8 Å². The van der Waals surface area contributed by atoms with Crippen molar-refractivity contribution >= 4 is 11.0 Å². The minimum Gasteiger partial charge on any atom is -0.331 e. The second kappa shape index (κ2) is 5.11. The largest absolute Gasteiger partial charge is 0.331 e. The molecule has 0 spiro atoms. The summed E-state index contributed by atoms with van der Waals surface area (Å²) in [6.45, 7) is 9.61. The highest BCUT2D eigenvalue weighted by Gasteiger charge is 2.10. The van der Waals surface area contributed by atoms with Gasteiger partial charge in [-0.1, -0.05) is 19.9 Å². The van der Waals surface area contributed by atoms with Gasteiger partial charge in [-0.2, -0.15) is 0 Å². The molecule has 1 aromatic carbocycles. The third kappa shape index (κ3) is 2.41. The van der Waals surface area contributed by atoms with Crippen LogP contribution in [0, 0.1) is 13.8 Å². The first kappa shape index (κ1) is 13.1. The highest BCUT2D eigenvalue weighted by atomic mass is 15.1. The normalized spacial score (nSPS) is 11.7. The molecule has 0 aliphatic carbocycles. The smallest absolute Gasteiger partial charge is 0.110 e. The summed E-state index contributed by atoms with van der Waals surface area (Å²) in [6.07, 6.45) is 0.974. The molecule has 98 valence electrons. The number of hydrogen-bond donors (Lipinski definition) is 1. The van der Waals surface area contributed by atoms with E-state index in [4.69, 9.17) is 4.98 Å². The lowest BCUT2D eigenvalue weighted by atomic mass is 10.1. The Labute approximate surface area is 109 Å². The number of benzene rings is 1. The zero-order valence-corrected chi connectivity index (χ0v) is 12.0. The monoisotopic (exact) mass is 245 g/mol. The number of aryl methyl sites for hydroxylation is 3. The quantitative estimate of drug-likeness (QED) is 0.897. The summed E-state index contributed by atoms with van der Waals surface area (Å²) >= 11 is 0. The van der Waals surface area contributed by atoms with Crippen LogP contribution in [0.15, 0.2) is 12.1 Å². The summed E-state index contributed by atoms with van der Waals surface area (Å²) in [5.41, 5.74) is 4.99. The Balaban J connectivity index is 2.30. The highest BCUT2D eigenvalue weighted by Crippen LogP contribution is 2.21. The van der Waals surface area contributed by atoms with Gasteiger partial charge in [0.2, 0.25) is 0 Å². The van der Waals surface area contributed by atoms with Gasteiger partial charge in [0, 0.05) is 26.1 Å². The van der Waals surface area contributed by atoms with Crippen molar-refractivity contribution in [2.45, 2.75) is 40.2 Å². The molecular weight excluding hydrogens is 222 g/mol. The van der Waals surface area contributed by atoms with Crippen molar-refractivity contribution in [2.75, 3.05) is 6.54 Å². The maximum Gasteiger partial charge on any atom is 0.110 e. The molecule has 0 radical (unpaired) electrons. The molecule has 0 aliphatic heterocycles. The van der Waals surface area contributed by atoms with Crippen LogP contribution in [-0.4, -0.2) is 22.1 Å². The predicted octanol–water partition coefficient (Wildman–Crippen LogP) is 2.73. The van der Waals surface area contributed by atoms with Crippen LogP contribution in [0.25, 0.3) is 11.0 Å². The lowest BCUT2D eigenvalue weighted by Gasteiger charge is -2.07. The maximum absolute atomic E-state index is 4.79. The fraction of sp³-hybridized carbons (Fsp3) is 0.533. The van der Waals surface area contributed by atoms with Gasteiger partial charge in [-0.05, 0) is 31.0 Å². The van der Waals surface area contributed by atoms with Gasteiger partial charge >= 0.3 is 0 Å². The fourth-order valence-electron chi connectivity index (χ4n) is 2.24. The molecule has 1 heterocycles. The van der Waals surface area contributed by atoms with Crippen LogP contribution in [0.2, 0.25) is 0 Å². The molecule has 3 heteroatoms. The van der Waals surface area contributed by atoms with Gasteiger partial charge in [-0.25, -0.2) is 4.98 Å². The van der Waals surface area contributed by atoms with Crippen molar-refractivity contribution < 1.29 is 0 Å². The minimum atomic E-state index is 0.531. The number of nitrogens with zero attached hydrogens (tertiary/aromatic N) is 2. The lowest BCUT2D eigenvalue weighted by molar-refractivity contribution is 0.578. The molecule has 0 aliphatic rings. The van der Waals surface area contributed by atoms with E-state index < -0.39 is 0 Å². The van der Waals surface area contributed by atoms with Crippen molar-refractivity contribution in [1.82, 2.24) is 14.9 Å². The SMILES string of the molecule is Cc1ccc2c(nc(CCNC(C)C)n2C)c1C. The minimum absolute atomic E-state index is 0.531. The highest BCUT2D eigenvalue weighted by molar-refractivity contribution is 5.80. The molecule has 2 aromatic rings. The van der Waals surface area contributed by atoms with Gasteiger partial charge in [-0.15, -0.1) is 0 Å². The molecule has 1 aromatic heterocycles. The second-order valence-corrected chi connectivity index (χ2v) is 5.32. The van der Waals surface area contributed by atoms with Gasteiger partial charge < -0.3 is 9.88 Å². The fourth-order valence-corrected chi connectivity index (χ4v) is 2.24. The standard InChI is InChI=1S/C15H23N3/c1-10(2)16-9-8-14-17-15-12(4)11(3)6-7-13(15)18(14)5/h6-7,10,16H,8-9H2,1-5H3. The van der Waals surface area contributed by atoms with Crippen LogP contribution < -0.4 is 5.32 Å². The summed E-state index contributed by atoms with van der Waals surface area (Å²) in [6, 6.07) is 4.88. The van der Waals surface area contributed by atoms with Crippen LogP contribution in [-0.2, 0) is 13.5 Å². The van der Waals surface area contributed by atoms with E-state index in [0.717, 1.165) is 24.3 Å². The first-order chi connectivity index (χ1) is 8.50. The van der Waals surface area contributed by atoms with E-state index in [9.17, 15) is 0 Å². The average Bonchev–Trinajstić information content (AvgIpc) is 2.62. The molecule has 0 atom stereocenters. The Morgan fingerprint density at radius 1 is 1.28 bits per heavy atom. The third-order valence-corrected chi connectivity index (χ3v) is 3.57. The molecule has 0 saturated heterocycles. The summed E-state index contributed by atoms with van der Waals surface area (Å²) in [5.74, 6) is 1.16. The van der Waals surface area contributed by atoms with Crippen LogP contribution in [0.3, 0.4) is 0 Å². The summed E-state index contributed by atoms with van der Waals surface area (Å²) in [4.78, 5) is 4.79. The molecule has 1 N–H and O–H groups in total. The average molecular weight is 245 g/mol. The molecular formula is C15H23N3. The third-order valence-electron chi connectivity index (χ3n) is 3.57. The first-order valence-corrected chi connectivity index (χ1v) is 6.65. The van der Waals surface area contributed by atoms with Crippen molar-refractivity contribution in [1.29, 1.82) is 0 Å². The van der Waals surface area contributed by atoms with Crippen molar-refractivity contribution in [3.05, 3.63) is 29.1 Å². The van der Waals surface area contributed by atoms with Gasteiger partial charge in [0.25, 0.3) is 0 Å². The molecule has 3 nitrogen and oxygen atoms in total. The number of nitrogens with one attached hydrogen (secondary N) is 1. The number of fused-ring (bicyclic) bond motifs is 1. The van der Waals surface area contributed by atoms with Crippen LogP contribution in [0.5, 0.6) is 0 Å². The zero-order valence-electron chi connectivity index (χ0n) is 12.0. The molecule has 0 amide bonds. The van der Waals surface area contributed by atoms with Crippen LogP contribution >= 0.6 is 0 Å². The number of hydrogen-bond acceptors (Lipinski definition) is 2. The van der Waals surface area contributed by atoms with Gasteiger partial charge in [-0.3, -0.25) is 0 Å². The Morgan fingerprint density at radius 2 is 2.00 bits per heavy atom. The molecule has 0 saturated carbocycles. The second-order valence-electron chi connectivity index (χ2n) is 5.32. The summed E-state index contributed by atoms with van der Waals surface area (Å²) in [5, 5.41) is 3.44. The van der Waals surface area contributed by atoms with Crippen molar-refractivity contribution in [3.8, 4) is 0 Å². The van der Waals surface area contributed by atoms with E-state index in [1.165, 1.54) is 16.6 Å². The van der Waals surface area contributed by atoms with Gasteiger partial charge in [0.1, 0.15) is 5.82 Å². The summed E-state index contributed by atoms with van der Waals surface area (Å²) < 4.78 is 2.21. The van der Waals surface area contributed by atoms with Crippen LogP contribution in [0.4, 0.5) is 0 Å². The van der Waals surface area contributed by atoms with Crippen molar-refractivity contribution in [2.24, 2.45) is 7.05 Å². The topological polar surface area (TPSA) is 29.9 Å². The molecule has 0 unspecified atom stereocenters. The van der Waals surface area contributed by atoms with Crippen LogP contribution in [0.1, 0.15) is 30.8 Å². The van der Waals surface area contributed by atoms with Gasteiger partial charge in [0.15, 0.2) is 0 Å². The number of aromatic nitrogens is 2. The number of imidazole rings is 1. The maximum atomic E-state index is 4.79. The molecule has 0 bridgehead atoms. The van der Waals surface area contributed by atoms with E-state index in [0.29, 0.717) is 6.04 Å². The Kier molecular flexibility index (Phi) is 3.71. The van der Waals surface area contributed by atoms with E-state index >= 15 is 0 Å². The summed E-state index contributed by atoms with van der Waals surface area (Å²) in [7, 11) is 2.11. The lowest BCUT2D eigenvalue weighted by Crippen LogP contribution is -2.25. The molecule has 18 heavy (non-hydrogen) atoms. The van der Waals surface area contributed by atoms with E-state index in [1.807, 2.05) is 0 Å². The van der Waals surface area contributed by atoms with Gasteiger partial charge in [0.05, 0.1) is 11.0 Å². The predicted molar refractivity (Wildman–Crippen MR) is 77.0 cm³/mol. The van der Waals surface area contributed by atoms with E-state index in [-0.39, 0.29) is 0 Å². The Bertz CT molecular complexity index is 552. The Morgan fingerprint density at radius 3 is 2.67 bits per heavy atom. The Hall–Kier alpha value is -1.35. The first-order valence-electron chi connectivity index (χ1n) is 6.65. The number of rotatable bonds is 4. The zero-order chi connectivity index (χ0) is 13.3.